The number of imidazole rings is 2. The minimum atomic E-state index is -0.746. The number of ether oxygens (including phenoxy) is 2. The molecule has 0 saturated carbocycles. The Kier molecular flexibility index (Phi) is 12.8. The summed E-state index contributed by atoms with van der Waals surface area (Å²) in [7, 11) is 2.59. The lowest BCUT2D eigenvalue weighted by molar-refractivity contribution is -0.136. The third-order valence-electron chi connectivity index (χ3n) is 12.7. The highest BCUT2D eigenvalue weighted by Gasteiger charge is 2.42. The first-order chi connectivity index (χ1) is 30.9. The number of aromatic nitrogens is 4. The molecule has 2 saturated heterocycles. The monoisotopic (exact) mass is 870 g/mol. The van der Waals surface area contributed by atoms with Gasteiger partial charge < -0.3 is 39.9 Å². The number of nitrogens with zero attached hydrogens (tertiary/aromatic N) is 4. The van der Waals surface area contributed by atoms with Crippen molar-refractivity contribution < 1.29 is 32.9 Å². The maximum atomic E-state index is 14.1. The fraction of sp³-hybridized carbons (Fsp3) is 0.360. The molecule has 2 aliphatic rings. The van der Waals surface area contributed by atoms with Gasteiger partial charge in [-0.1, -0.05) is 107 Å². The van der Waals surface area contributed by atoms with Gasteiger partial charge in [0.05, 0.1) is 50.1 Å². The van der Waals surface area contributed by atoms with Crippen LogP contribution in [0.15, 0.2) is 103 Å². The summed E-state index contributed by atoms with van der Waals surface area (Å²) in [4.78, 5) is 72.2. The number of fused-ring (bicyclic) bond motifs is 1. The van der Waals surface area contributed by atoms with E-state index in [2.05, 4.69) is 93.4 Å². The number of benzene rings is 4. The lowest BCUT2D eigenvalue weighted by atomic mass is 9.96. The molecule has 14 heteroatoms. The molecule has 2 fully saturated rings. The van der Waals surface area contributed by atoms with E-state index in [1.807, 2.05) is 68.1 Å². The van der Waals surface area contributed by atoms with E-state index in [0.29, 0.717) is 25.3 Å². The van der Waals surface area contributed by atoms with Crippen molar-refractivity contribution in [1.29, 1.82) is 0 Å². The Morgan fingerprint density at radius 3 is 1.77 bits per heavy atom. The van der Waals surface area contributed by atoms with Gasteiger partial charge in [-0.3, -0.25) is 9.59 Å². The highest BCUT2D eigenvalue weighted by Crippen LogP contribution is 2.41. The van der Waals surface area contributed by atoms with Crippen LogP contribution in [0.25, 0.3) is 44.4 Å². The molecule has 2 aromatic heterocycles. The second kappa shape index (κ2) is 18.8. The first-order valence-corrected chi connectivity index (χ1v) is 22.0. The third-order valence-corrected chi connectivity index (χ3v) is 12.7. The van der Waals surface area contributed by atoms with Crippen LogP contribution in [-0.4, -0.2) is 93.1 Å². The number of amides is 4. The molecule has 0 unspecified atom stereocenters. The van der Waals surface area contributed by atoms with Gasteiger partial charge in [0.15, 0.2) is 0 Å². The van der Waals surface area contributed by atoms with Crippen LogP contribution in [0.4, 0.5) is 9.59 Å². The Balaban J connectivity index is 0.00000280. The number of methoxy groups -OCH3 is 2. The lowest BCUT2D eigenvalue weighted by Crippen LogP contribution is -2.51. The number of hydrogen-bond acceptors (Lipinski definition) is 8. The Bertz CT molecular complexity index is 2640. The smallest absolute Gasteiger partial charge is 0.407 e. The molecule has 4 N–H and O–H groups in total. The van der Waals surface area contributed by atoms with E-state index in [4.69, 9.17) is 19.4 Å². The van der Waals surface area contributed by atoms with Crippen molar-refractivity contribution in [3.63, 3.8) is 0 Å². The zero-order valence-corrected chi connectivity index (χ0v) is 37.1. The quantitative estimate of drug-likeness (QED) is 0.0941. The van der Waals surface area contributed by atoms with Crippen molar-refractivity contribution >= 4 is 34.8 Å². The third kappa shape index (κ3) is 9.08. The summed E-state index contributed by atoms with van der Waals surface area (Å²) in [5.74, 6) is 0.969. The molecule has 14 nitrogen and oxygen atoms in total. The summed E-state index contributed by atoms with van der Waals surface area (Å²) in [6.07, 6.45) is 4.69. The highest BCUT2D eigenvalue weighted by atomic mass is 16.5. The van der Waals surface area contributed by atoms with Crippen LogP contribution in [0.5, 0.6) is 0 Å². The number of nitrogens with one attached hydrogen (secondary N) is 4. The number of carbonyl (C=O) groups excluding carboxylic acids is 4. The van der Waals surface area contributed by atoms with Gasteiger partial charge in [0.2, 0.25) is 11.8 Å². The predicted octanol–water partition coefficient (Wildman–Crippen LogP) is 9.51. The first-order valence-electron chi connectivity index (χ1n) is 22.0. The number of carbonyl (C=O) groups is 4. The van der Waals surface area contributed by atoms with Crippen molar-refractivity contribution in [2.45, 2.75) is 77.0 Å². The van der Waals surface area contributed by atoms with E-state index in [0.717, 1.165) is 68.6 Å². The van der Waals surface area contributed by atoms with Gasteiger partial charge in [0.1, 0.15) is 23.7 Å². The van der Waals surface area contributed by atoms with E-state index in [-0.39, 0.29) is 45.9 Å². The summed E-state index contributed by atoms with van der Waals surface area (Å²) in [6.45, 7) is 8.73. The van der Waals surface area contributed by atoms with Crippen LogP contribution >= 0.6 is 0 Å². The number of alkyl carbamates (subject to hydrolysis) is 2. The molecular weight excluding hydrogens is 809 g/mol. The molecule has 6 aromatic rings. The Morgan fingerprint density at radius 1 is 0.656 bits per heavy atom. The van der Waals surface area contributed by atoms with Crippen LogP contribution in [-0.2, 0) is 19.1 Å². The van der Waals surface area contributed by atoms with Crippen molar-refractivity contribution in [3.05, 3.63) is 121 Å². The maximum absolute atomic E-state index is 14.1. The van der Waals surface area contributed by atoms with Gasteiger partial charge in [0, 0.05) is 28.9 Å². The van der Waals surface area contributed by atoms with Crippen molar-refractivity contribution in [2.24, 2.45) is 11.8 Å². The predicted molar refractivity (Wildman–Crippen MR) is 251 cm³/mol. The average molecular weight is 871 g/mol. The normalized spacial score (nSPS) is 18.3. The number of likely N-dealkylation sites (tertiary alicyclic amines) is 2. The van der Waals surface area contributed by atoms with E-state index in [1.165, 1.54) is 14.2 Å². The first kappa shape index (κ1) is 43.7. The molecule has 0 radical (unpaired) electrons. The van der Waals surface area contributed by atoms with Gasteiger partial charge in [-0.05, 0) is 76.3 Å². The zero-order chi connectivity index (χ0) is 45.1. The largest absolute Gasteiger partial charge is 0.453 e. The topological polar surface area (TPSA) is 175 Å². The summed E-state index contributed by atoms with van der Waals surface area (Å²) in [6, 6.07) is 29.4. The Morgan fingerprint density at radius 2 is 1.17 bits per heavy atom. The van der Waals surface area contributed by atoms with Crippen LogP contribution in [0.3, 0.4) is 0 Å². The maximum Gasteiger partial charge on any atom is 0.407 e. The molecule has 338 valence electrons. The van der Waals surface area contributed by atoms with E-state index < -0.39 is 24.3 Å². The van der Waals surface area contributed by atoms with Crippen LogP contribution < -0.4 is 10.6 Å². The minimum absolute atomic E-state index is 0. The Hall–Kier alpha value is -6.96. The fourth-order valence-electron chi connectivity index (χ4n) is 9.12. The fourth-order valence-corrected chi connectivity index (χ4v) is 9.12. The second-order valence-electron chi connectivity index (χ2n) is 17.5. The Labute approximate surface area is 377 Å². The molecule has 2 aliphatic heterocycles. The summed E-state index contributed by atoms with van der Waals surface area (Å²) < 4.78 is 9.63. The number of H-pyrrole nitrogens is 2. The van der Waals surface area contributed by atoms with Crippen molar-refractivity contribution in [3.8, 4) is 33.6 Å². The SMILES string of the molecule is COC(=O)N[C@H](C(=O)N1CCC[C@H]1c1ncc(-c2ccc3cc(-c4ccc(-c5cnc([C@@H]6C[C@@H](c7ccccc7)CN6C(=O)[C@@H](NC(=O)OC)C(C)C)[nH]5)cc4)ccc3c2)[nH]1)C(C)C.[HH].[HH].[HH]. The van der Waals surface area contributed by atoms with Crippen LogP contribution in [0, 0.1) is 11.8 Å². The number of aromatic amines is 2. The average Bonchev–Trinajstić information content (AvgIpc) is 4.16. The molecule has 5 atom stereocenters. The number of hydrogen-bond donors (Lipinski definition) is 4. The summed E-state index contributed by atoms with van der Waals surface area (Å²) in [5, 5.41) is 7.64. The standard InChI is InChI=1S/C50H56N8O6.3H2/c1-29(2)43(55-49(61)63-5)47(59)57-22-10-13-41(57)45-51-27-40(54-45)37-21-20-35-23-34(18-19-36(35)24-37)32-14-16-33(17-15-32)39-26-52-46(53-39)42-25-38(31-11-8-7-9-12-31)28-58(42)48(60)44(30(3)4)56-50(62)64-6;;;/h7-9,11-12,14-21,23-24,26-27,29-30,38,41-44H,10,13,22,25,28H2,1-6H3,(H,51,54)(H,52,53)(H,55,61)(H,56,62);3*1H/t38-,41+,42+,43+,44+;;;/m1.../s1. The summed E-state index contributed by atoms with van der Waals surface area (Å²) >= 11 is 0. The molecule has 8 rings (SSSR count). The highest BCUT2D eigenvalue weighted by molar-refractivity contribution is 5.91. The van der Waals surface area contributed by atoms with Crippen molar-refractivity contribution in [2.75, 3.05) is 27.3 Å². The van der Waals surface area contributed by atoms with E-state index in [1.54, 1.807) is 0 Å². The van der Waals surface area contributed by atoms with E-state index in [9.17, 15) is 19.2 Å². The molecule has 0 spiro atoms. The minimum Gasteiger partial charge on any atom is -0.453 e. The molecule has 64 heavy (non-hydrogen) atoms. The van der Waals surface area contributed by atoms with Gasteiger partial charge in [-0.15, -0.1) is 0 Å². The molecule has 4 heterocycles. The number of rotatable bonds is 12. The van der Waals surface area contributed by atoms with Gasteiger partial charge >= 0.3 is 12.2 Å². The van der Waals surface area contributed by atoms with Gasteiger partial charge in [-0.2, -0.15) is 0 Å². The molecule has 0 bridgehead atoms. The zero-order valence-electron chi connectivity index (χ0n) is 37.1. The van der Waals surface area contributed by atoms with E-state index >= 15 is 0 Å². The van der Waals surface area contributed by atoms with Gasteiger partial charge in [-0.25, -0.2) is 19.6 Å². The van der Waals surface area contributed by atoms with Crippen LogP contribution in [0.1, 0.15) is 86.5 Å². The van der Waals surface area contributed by atoms with Crippen molar-refractivity contribution in [1.82, 2.24) is 40.4 Å². The molecule has 0 aliphatic carbocycles. The molecular formula is C50H62N8O6. The molecule has 4 aromatic carbocycles. The van der Waals surface area contributed by atoms with Gasteiger partial charge in [0.25, 0.3) is 0 Å². The molecule has 4 amide bonds. The lowest BCUT2D eigenvalue weighted by Gasteiger charge is -2.30. The van der Waals surface area contributed by atoms with Crippen LogP contribution in [0.2, 0.25) is 0 Å². The second-order valence-corrected chi connectivity index (χ2v) is 17.5. The summed E-state index contributed by atoms with van der Waals surface area (Å²) in [5.41, 5.74) is 6.98.